The van der Waals surface area contributed by atoms with Gasteiger partial charge >= 0.3 is 0 Å². The molecule has 0 bridgehead atoms. The molecule has 0 rings (SSSR count). The standard InChI is InChI=1S/C14H30O6/c1-11(4-15)8-20-13(7-18)9-19-10-14(2,3)12(5-16)6-17/h11-13,15-18H,4-10H2,1-3H3. The maximum Gasteiger partial charge on any atom is 0.104 e. The number of aliphatic hydroxyl groups is 4. The molecule has 122 valence electrons. The molecular formula is C14H30O6. The Labute approximate surface area is 121 Å². The minimum atomic E-state index is -0.429. The highest BCUT2D eigenvalue weighted by Crippen LogP contribution is 2.26. The molecule has 0 radical (unpaired) electrons. The largest absolute Gasteiger partial charge is 0.396 e. The summed E-state index contributed by atoms with van der Waals surface area (Å²) in [5, 5.41) is 36.5. The van der Waals surface area contributed by atoms with Crippen molar-refractivity contribution in [2.45, 2.75) is 26.9 Å². The average Bonchev–Trinajstić information content (AvgIpc) is 2.42. The second-order valence-electron chi connectivity index (χ2n) is 5.99. The average molecular weight is 294 g/mol. The van der Waals surface area contributed by atoms with Crippen molar-refractivity contribution in [3.05, 3.63) is 0 Å². The van der Waals surface area contributed by atoms with Gasteiger partial charge in [-0.25, -0.2) is 0 Å². The molecular weight excluding hydrogens is 264 g/mol. The second kappa shape index (κ2) is 10.5. The normalized spacial score (nSPS) is 15.6. The minimum Gasteiger partial charge on any atom is -0.396 e. The molecule has 0 aliphatic heterocycles. The first kappa shape index (κ1) is 19.8. The van der Waals surface area contributed by atoms with E-state index in [1.54, 1.807) is 0 Å². The van der Waals surface area contributed by atoms with Gasteiger partial charge < -0.3 is 29.9 Å². The van der Waals surface area contributed by atoms with Crippen LogP contribution in [0.4, 0.5) is 0 Å². The number of hydrogen-bond acceptors (Lipinski definition) is 6. The fraction of sp³-hybridized carbons (Fsp3) is 1.00. The molecule has 0 aromatic carbocycles. The number of rotatable bonds is 12. The van der Waals surface area contributed by atoms with E-state index >= 15 is 0 Å². The van der Waals surface area contributed by atoms with E-state index in [9.17, 15) is 15.3 Å². The molecule has 0 saturated heterocycles. The minimum absolute atomic E-state index is 0.0219. The van der Waals surface area contributed by atoms with Gasteiger partial charge in [-0.2, -0.15) is 0 Å². The van der Waals surface area contributed by atoms with Gasteiger partial charge in [0.1, 0.15) is 6.10 Å². The molecule has 2 unspecified atom stereocenters. The van der Waals surface area contributed by atoms with E-state index in [4.69, 9.17) is 14.6 Å². The molecule has 0 aromatic heterocycles. The summed E-state index contributed by atoms with van der Waals surface area (Å²) in [4.78, 5) is 0. The Hall–Kier alpha value is -0.240. The number of hydrogen-bond donors (Lipinski definition) is 4. The quantitative estimate of drug-likeness (QED) is 0.392. The lowest BCUT2D eigenvalue weighted by Crippen LogP contribution is -2.36. The molecule has 4 N–H and O–H groups in total. The fourth-order valence-corrected chi connectivity index (χ4v) is 1.63. The summed E-state index contributed by atoms with van der Waals surface area (Å²) in [6, 6.07) is 0. The Morgan fingerprint density at radius 2 is 1.50 bits per heavy atom. The zero-order valence-corrected chi connectivity index (χ0v) is 12.8. The highest BCUT2D eigenvalue weighted by Gasteiger charge is 2.29. The van der Waals surface area contributed by atoms with Gasteiger partial charge in [-0.05, 0) is 5.41 Å². The van der Waals surface area contributed by atoms with Crippen molar-refractivity contribution in [1.82, 2.24) is 0 Å². The van der Waals surface area contributed by atoms with Crippen LogP contribution in [0.5, 0.6) is 0 Å². The van der Waals surface area contributed by atoms with Crippen LogP contribution in [0.25, 0.3) is 0 Å². The van der Waals surface area contributed by atoms with E-state index in [2.05, 4.69) is 0 Å². The van der Waals surface area contributed by atoms with Crippen molar-refractivity contribution in [3.8, 4) is 0 Å². The van der Waals surface area contributed by atoms with Crippen LogP contribution in [0, 0.1) is 17.3 Å². The van der Waals surface area contributed by atoms with Crippen LogP contribution in [-0.2, 0) is 9.47 Å². The van der Waals surface area contributed by atoms with Crippen molar-refractivity contribution < 1.29 is 29.9 Å². The van der Waals surface area contributed by atoms with Gasteiger partial charge in [0.15, 0.2) is 0 Å². The van der Waals surface area contributed by atoms with Crippen molar-refractivity contribution >= 4 is 0 Å². The van der Waals surface area contributed by atoms with Gasteiger partial charge in [-0.1, -0.05) is 20.8 Å². The van der Waals surface area contributed by atoms with Crippen molar-refractivity contribution in [2.24, 2.45) is 17.3 Å². The first-order valence-corrected chi connectivity index (χ1v) is 7.04. The molecule has 6 nitrogen and oxygen atoms in total. The molecule has 0 aliphatic rings. The first-order valence-electron chi connectivity index (χ1n) is 7.04. The molecule has 0 amide bonds. The summed E-state index contributed by atoms with van der Waals surface area (Å²) in [6.07, 6.45) is -0.429. The second-order valence-corrected chi connectivity index (χ2v) is 5.99. The lowest BCUT2D eigenvalue weighted by Gasteiger charge is -2.32. The van der Waals surface area contributed by atoms with E-state index in [1.807, 2.05) is 20.8 Å². The predicted molar refractivity (Wildman–Crippen MR) is 75.3 cm³/mol. The Morgan fingerprint density at radius 3 is 1.95 bits per heavy atom. The van der Waals surface area contributed by atoms with E-state index in [0.29, 0.717) is 13.2 Å². The summed E-state index contributed by atoms with van der Waals surface area (Å²) < 4.78 is 11.0. The monoisotopic (exact) mass is 294 g/mol. The van der Waals surface area contributed by atoms with E-state index < -0.39 is 6.10 Å². The molecule has 0 saturated carbocycles. The summed E-state index contributed by atoms with van der Waals surface area (Å²) in [5.74, 6) is -0.223. The van der Waals surface area contributed by atoms with Crippen molar-refractivity contribution in [3.63, 3.8) is 0 Å². The van der Waals surface area contributed by atoms with Crippen LogP contribution in [0.3, 0.4) is 0 Å². The van der Waals surface area contributed by atoms with E-state index in [-0.39, 0.29) is 50.3 Å². The van der Waals surface area contributed by atoms with Crippen LogP contribution in [0.1, 0.15) is 20.8 Å². The van der Waals surface area contributed by atoms with Crippen LogP contribution < -0.4 is 0 Å². The Bertz CT molecular complexity index is 230. The Balaban J connectivity index is 4.05. The third-order valence-corrected chi connectivity index (χ3v) is 3.46. The molecule has 0 heterocycles. The van der Waals surface area contributed by atoms with Crippen LogP contribution in [0.2, 0.25) is 0 Å². The van der Waals surface area contributed by atoms with Crippen LogP contribution in [0.15, 0.2) is 0 Å². The molecule has 2 atom stereocenters. The Morgan fingerprint density at radius 1 is 0.900 bits per heavy atom. The molecule has 0 spiro atoms. The zero-order valence-electron chi connectivity index (χ0n) is 12.8. The molecule has 0 aromatic rings. The van der Waals surface area contributed by atoms with Gasteiger partial charge in [0, 0.05) is 31.7 Å². The molecule has 0 fully saturated rings. The summed E-state index contributed by atoms with van der Waals surface area (Å²) in [6.45, 7) is 6.33. The Kier molecular flexibility index (Phi) is 10.4. The topological polar surface area (TPSA) is 99.4 Å². The lowest BCUT2D eigenvalue weighted by molar-refractivity contribution is -0.0792. The highest BCUT2D eigenvalue weighted by atomic mass is 16.5. The summed E-state index contributed by atoms with van der Waals surface area (Å²) in [7, 11) is 0. The van der Waals surface area contributed by atoms with E-state index in [0.717, 1.165) is 0 Å². The maximum atomic E-state index is 9.20. The van der Waals surface area contributed by atoms with Crippen molar-refractivity contribution in [2.75, 3.05) is 46.2 Å². The molecule has 6 heteroatoms. The predicted octanol–water partition coefficient (Wildman–Crippen LogP) is -0.364. The van der Waals surface area contributed by atoms with Gasteiger partial charge in [-0.3, -0.25) is 0 Å². The van der Waals surface area contributed by atoms with Gasteiger partial charge in [0.2, 0.25) is 0 Å². The van der Waals surface area contributed by atoms with Crippen LogP contribution >= 0.6 is 0 Å². The lowest BCUT2D eigenvalue weighted by atomic mass is 9.80. The molecule has 0 aliphatic carbocycles. The summed E-state index contributed by atoms with van der Waals surface area (Å²) in [5.41, 5.74) is -0.359. The first-order chi connectivity index (χ1) is 9.41. The third-order valence-electron chi connectivity index (χ3n) is 3.46. The van der Waals surface area contributed by atoms with E-state index in [1.165, 1.54) is 0 Å². The van der Waals surface area contributed by atoms with Gasteiger partial charge in [-0.15, -0.1) is 0 Å². The smallest absolute Gasteiger partial charge is 0.104 e. The zero-order chi connectivity index (χ0) is 15.6. The van der Waals surface area contributed by atoms with Crippen molar-refractivity contribution in [1.29, 1.82) is 0 Å². The third kappa shape index (κ3) is 7.52. The SMILES string of the molecule is CC(CO)COC(CO)COCC(C)(C)C(CO)CO. The maximum absolute atomic E-state index is 9.20. The van der Waals surface area contributed by atoms with Gasteiger partial charge in [0.25, 0.3) is 0 Å². The van der Waals surface area contributed by atoms with Crippen LogP contribution in [-0.4, -0.2) is 72.8 Å². The number of ether oxygens (including phenoxy) is 2. The number of aliphatic hydroxyl groups excluding tert-OH is 4. The fourth-order valence-electron chi connectivity index (χ4n) is 1.63. The van der Waals surface area contributed by atoms with Gasteiger partial charge in [0.05, 0.1) is 26.4 Å². The summed E-state index contributed by atoms with van der Waals surface area (Å²) >= 11 is 0. The highest BCUT2D eigenvalue weighted by molar-refractivity contribution is 4.77. The molecule has 20 heavy (non-hydrogen) atoms.